The fraction of sp³-hybridized carbons (Fsp3) is 0.435. The van der Waals surface area contributed by atoms with Crippen LogP contribution in [-0.4, -0.2) is 37.7 Å². The van der Waals surface area contributed by atoms with Gasteiger partial charge in [-0.05, 0) is 50.1 Å². The first kappa shape index (κ1) is 22.2. The molecule has 0 saturated heterocycles. The number of hydrogen-bond donors (Lipinski definition) is 1. The molecule has 6 nitrogen and oxygen atoms in total. The number of carbonyl (C=O) groups is 3. The fourth-order valence-electron chi connectivity index (χ4n) is 4.29. The van der Waals surface area contributed by atoms with Crippen molar-refractivity contribution in [3.8, 4) is 0 Å². The van der Waals surface area contributed by atoms with Crippen molar-refractivity contribution >= 4 is 29.5 Å². The molecule has 7 heteroatoms. The van der Waals surface area contributed by atoms with E-state index in [2.05, 4.69) is 5.32 Å². The SMILES string of the molecule is CCOC(=O)C1=C(C)NC2=C(C(=O)[C@@H](C(=O)OC)[C@H](C)C2)[C@@H]1c1ccc(SC)cc1. The molecular formula is C23H27NO5S. The second-order valence-electron chi connectivity index (χ2n) is 7.53. The number of allylic oxidation sites excluding steroid dienone is 3. The molecule has 0 radical (unpaired) electrons. The minimum absolute atomic E-state index is 0.201. The molecule has 0 spiro atoms. The number of esters is 2. The highest BCUT2D eigenvalue weighted by molar-refractivity contribution is 7.98. The van der Waals surface area contributed by atoms with Crippen LogP contribution in [0.3, 0.4) is 0 Å². The minimum atomic E-state index is -0.884. The van der Waals surface area contributed by atoms with Gasteiger partial charge in [-0.3, -0.25) is 9.59 Å². The number of hydrogen-bond acceptors (Lipinski definition) is 7. The largest absolute Gasteiger partial charge is 0.468 e. The lowest BCUT2D eigenvalue weighted by Gasteiger charge is -2.38. The normalized spacial score (nSPS) is 23.6. The molecule has 160 valence electrons. The second kappa shape index (κ2) is 9.08. The highest BCUT2D eigenvalue weighted by Crippen LogP contribution is 2.45. The minimum Gasteiger partial charge on any atom is -0.468 e. The van der Waals surface area contributed by atoms with Crippen LogP contribution in [-0.2, 0) is 23.9 Å². The highest BCUT2D eigenvalue weighted by atomic mass is 32.2. The van der Waals surface area contributed by atoms with E-state index in [1.807, 2.05) is 44.4 Å². The number of Topliss-reactive ketones (excluding diaryl/α,β-unsaturated/α-hetero) is 1. The van der Waals surface area contributed by atoms with E-state index in [9.17, 15) is 14.4 Å². The van der Waals surface area contributed by atoms with Crippen LogP contribution in [0.5, 0.6) is 0 Å². The van der Waals surface area contributed by atoms with Gasteiger partial charge in [0, 0.05) is 27.8 Å². The Labute approximate surface area is 181 Å². The van der Waals surface area contributed by atoms with Gasteiger partial charge >= 0.3 is 11.9 Å². The molecule has 1 N–H and O–H groups in total. The van der Waals surface area contributed by atoms with Crippen LogP contribution in [0.1, 0.15) is 38.7 Å². The summed E-state index contributed by atoms with van der Waals surface area (Å²) in [6.45, 7) is 5.67. The van der Waals surface area contributed by atoms with Gasteiger partial charge in [0.15, 0.2) is 5.78 Å². The lowest BCUT2D eigenvalue weighted by molar-refractivity contribution is -0.151. The van der Waals surface area contributed by atoms with Gasteiger partial charge in [-0.25, -0.2) is 4.79 Å². The summed E-state index contributed by atoms with van der Waals surface area (Å²) in [5, 5.41) is 3.25. The zero-order valence-corrected chi connectivity index (χ0v) is 18.7. The Bertz CT molecular complexity index is 931. The molecule has 0 aromatic heterocycles. The van der Waals surface area contributed by atoms with E-state index in [0.717, 1.165) is 16.2 Å². The molecule has 0 fully saturated rings. The van der Waals surface area contributed by atoms with E-state index in [1.54, 1.807) is 18.7 Å². The molecule has 0 unspecified atom stereocenters. The first-order chi connectivity index (χ1) is 14.3. The number of carbonyl (C=O) groups excluding carboxylic acids is 3. The maximum absolute atomic E-state index is 13.5. The summed E-state index contributed by atoms with van der Waals surface area (Å²) in [4.78, 5) is 39.9. The molecular weight excluding hydrogens is 402 g/mol. The van der Waals surface area contributed by atoms with Crippen LogP contribution >= 0.6 is 11.8 Å². The number of methoxy groups -OCH3 is 1. The number of nitrogens with one attached hydrogen (secondary N) is 1. The van der Waals surface area contributed by atoms with E-state index in [0.29, 0.717) is 23.3 Å². The number of dihydropyridines is 1. The fourth-order valence-corrected chi connectivity index (χ4v) is 4.70. The summed E-state index contributed by atoms with van der Waals surface area (Å²) in [6, 6.07) is 7.79. The number of thioether (sulfide) groups is 1. The van der Waals surface area contributed by atoms with Gasteiger partial charge in [0.2, 0.25) is 0 Å². The third kappa shape index (κ3) is 3.90. The smallest absolute Gasteiger partial charge is 0.336 e. The van der Waals surface area contributed by atoms with Crippen LogP contribution in [0.2, 0.25) is 0 Å². The first-order valence-electron chi connectivity index (χ1n) is 9.97. The van der Waals surface area contributed by atoms with Gasteiger partial charge in [0.05, 0.1) is 19.3 Å². The lowest BCUT2D eigenvalue weighted by Crippen LogP contribution is -2.43. The number of benzene rings is 1. The number of rotatable bonds is 5. The van der Waals surface area contributed by atoms with Crippen LogP contribution in [0, 0.1) is 11.8 Å². The zero-order valence-electron chi connectivity index (χ0n) is 17.9. The molecule has 1 aromatic rings. The van der Waals surface area contributed by atoms with Crippen LogP contribution in [0.25, 0.3) is 0 Å². The van der Waals surface area contributed by atoms with Gasteiger partial charge in [0.1, 0.15) is 5.92 Å². The van der Waals surface area contributed by atoms with E-state index < -0.39 is 23.8 Å². The molecule has 30 heavy (non-hydrogen) atoms. The molecule has 3 rings (SSSR count). The molecule has 1 heterocycles. The monoisotopic (exact) mass is 429 g/mol. The molecule has 2 aliphatic rings. The Hall–Kier alpha value is -2.54. The van der Waals surface area contributed by atoms with Crippen LogP contribution < -0.4 is 5.32 Å². The third-order valence-corrected chi connectivity index (χ3v) is 6.43. The van der Waals surface area contributed by atoms with Crippen molar-refractivity contribution < 1.29 is 23.9 Å². The van der Waals surface area contributed by atoms with Gasteiger partial charge in [-0.2, -0.15) is 0 Å². The Balaban J connectivity index is 2.17. The van der Waals surface area contributed by atoms with Crippen LogP contribution in [0.15, 0.2) is 51.7 Å². The lowest BCUT2D eigenvalue weighted by atomic mass is 9.69. The van der Waals surface area contributed by atoms with Gasteiger partial charge in [-0.15, -0.1) is 11.8 Å². The Kier molecular flexibility index (Phi) is 6.71. The summed E-state index contributed by atoms with van der Waals surface area (Å²) in [6.07, 6.45) is 2.51. The van der Waals surface area contributed by atoms with Crippen molar-refractivity contribution in [1.29, 1.82) is 0 Å². The summed E-state index contributed by atoms with van der Waals surface area (Å²) in [5.41, 5.74) is 3.10. The summed E-state index contributed by atoms with van der Waals surface area (Å²) < 4.78 is 10.2. The predicted octanol–water partition coefficient (Wildman–Crippen LogP) is 3.58. The van der Waals surface area contributed by atoms with Crippen LogP contribution in [0.4, 0.5) is 0 Å². The average molecular weight is 430 g/mol. The topological polar surface area (TPSA) is 81.7 Å². The molecule has 0 amide bonds. The van der Waals surface area contributed by atoms with Crippen molar-refractivity contribution in [2.75, 3.05) is 20.0 Å². The Morgan fingerprint density at radius 3 is 2.47 bits per heavy atom. The summed E-state index contributed by atoms with van der Waals surface area (Å²) in [7, 11) is 1.29. The maximum atomic E-state index is 13.5. The second-order valence-corrected chi connectivity index (χ2v) is 8.41. The van der Waals surface area contributed by atoms with Crippen molar-refractivity contribution in [3.63, 3.8) is 0 Å². The van der Waals surface area contributed by atoms with Crippen molar-refractivity contribution in [3.05, 3.63) is 52.4 Å². The van der Waals surface area contributed by atoms with E-state index in [1.165, 1.54) is 7.11 Å². The van der Waals surface area contributed by atoms with E-state index in [4.69, 9.17) is 9.47 Å². The predicted molar refractivity (Wildman–Crippen MR) is 115 cm³/mol. The van der Waals surface area contributed by atoms with Crippen molar-refractivity contribution in [1.82, 2.24) is 5.32 Å². The first-order valence-corrected chi connectivity index (χ1v) is 11.2. The quantitative estimate of drug-likeness (QED) is 0.435. The Morgan fingerprint density at radius 2 is 1.90 bits per heavy atom. The van der Waals surface area contributed by atoms with E-state index >= 15 is 0 Å². The zero-order chi connectivity index (χ0) is 22.0. The third-order valence-electron chi connectivity index (χ3n) is 5.69. The number of ketones is 1. The summed E-state index contributed by atoms with van der Waals surface area (Å²) in [5.74, 6) is -2.98. The molecule has 1 aliphatic carbocycles. The summed E-state index contributed by atoms with van der Waals surface area (Å²) >= 11 is 1.61. The van der Waals surface area contributed by atoms with Crippen molar-refractivity contribution in [2.24, 2.45) is 11.8 Å². The van der Waals surface area contributed by atoms with Gasteiger partial charge in [-0.1, -0.05) is 19.1 Å². The number of ether oxygens (including phenoxy) is 2. The van der Waals surface area contributed by atoms with E-state index in [-0.39, 0.29) is 18.3 Å². The molecule has 0 bridgehead atoms. The highest BCUT2D eigenvalue weighted by Gasteiger charge is 2.47. The molecule has 1 aromatic carbocycles. The molecule has 3 atom stereocenters. The average Bonchev–Trinajstić information content (AvgIpc) is 2.72. The Morgan fingerprint density at radius 1 is 1.23 bits per heavy atom. The maximum Gasteiger partial charge on any atom is 0.336 e. The van der Waals surface area contributed by atoms with Gasteiger partial charge < -0.3 is 14.8 Å². The molecule has 1 aliphatic heterocycles. The standard InChI is InChI=1S/C23H27NO5S/c1-6-29-23(27)18-13(3)24-16-11-12(2)17(22(26)28-4)21(25)20(16)19(18)14-7-9-15(30-5)10-8-14/h7-10,12,17,19,24H,6,11H2,1-5H3/t12-,17+,19-/m1/s1. The van der Waals surface area contributed by atoms with Gasteiger partial charge in [0.25, 0.3) is 0 Å². The molecule has 0 saturated carbocycles. The van der Waals surface area contributed by atoms with Crippen molar-refractivity contribution in [2.45, 2.75) is 38.0 Å².